The van der Waals surface area contributed by atoms with Gasteiger partial charge < -0.3 is 9.47 Å². The first-order valence-electron chi connectivity index (χ1n) is 7.68. The van der Waals surface area contributed by atoms with E-state index in [1.165, 1.54) is 12.8 Å². The first kappa shape index (κ1) is 13.5. The van der Waals surface area contributed by atoms with Gasteiger partial charge in [-0.05, 0) is 25.8 Å². The molecule has 3 nitrogen and oxygen atoms in total. The van der Waals surface area contributed by atoms with E-state index in [1.807, 2.05) is 31.2 Å². The summed E-state index contributed by atoms with van der Waals surface area (Å²) in [6.45, 7) is 2.96. The molecule has 0 bridgehead atoms. The summed E-state index contributed by atoms with van der Waals surface area (Å²) in [6, 6.07) is 7.98. The SMILES string of the molecule is CCOC(=O)C12CCCCCC1COc1ccccc12. The molecule has 108 valence electrons. The molecule has 1 aromatic carbocycles. The predicted molar refractivity (Wildman–Crippen MR) is 76.8 cm³/mol. The zero-order chi connectivity index (χ0) is 14.0. The second-order valence-corrected chi connectivity index (χ2v) is 5.80. The summed E-state index contributed by atoms with van der Waals surface area (Å²) in [5.41, 5.74) is 0.554. The van der Waals surface area contributed by atoms with Crippen molar-refractivity contribution in [3.63, 3.8) is 0 Å². The molecule has 2 atom stereocenters. The van der Waals surface area contributed by atoms with Crippen molar-refractivity contribution in [1.29, 1.82) is 0 Å². The molecule has 1 saturated carbocycles. The van der Waals surface area contributed by atoms with Crippen LogP contribution in [0, 0.1) is 5.92 Å². The first-order chi connectivity index (χ1) is 9.79. The van der Waals surface area contributed by atoms with E-state index in [9.17, 15) is 4.79 Å². The molecule has 0 saturated heterocycles. The normalized spacial score (nSPS) is 28.6. The Balaban J connectivity index is 2.11. The number of para-hydroxylation sites is 1. The van der Waals surface area contributed by atoms with Crippen LogP contribution in [0.4, 0.5) is 0 Å². The fourth-order valence-corrected chi connectivity index (χ4v) is 3.79. The van der Waals surface area contributed by atoms with Crippen LogP contribution in [0.1, 0.15) is 44.6 Å². The fourth-order valence-electron chi connectivity index (χ4n) is 3.79. The van der Waals surface area contributed by atoms with Gasteiger partial charge in [0.15, 0.2) is 0 Å². The van der Waals surface area contributed by atoms with Gasteiger partial charge in [0.25, 0.3) is 0 Å². The van der Waals surface area contributed by atoms with Crippen molar-refractivity contribution in [1.82, 2.24) is 0 Å². The van der Waals surface area contributed by atoms with Crippen molar-refractivity contribution >= 4 is 5.97 Å². The molecule has 0 radical (unpaired) electrons. The van der Waals surface area contributed by atoms with Gasteiger partial charge in [-0.2, -0.15) is 0 Å². The van der Waals surface area contributed by atoms with Crippen LogP contribution in [0.2, 0.25) is 0 Å². The van der Waals surface area contributed by atoms with Gasteiger partial charge in [0.1, 0.15) is 11.2 Å². The van der Waals surface area contributed by atoms with Crippen molar-refractivity contribution in [2.24, 2.45) is 5.92 Å². The maximum absolute atomic E-state index is 12.8. The number of rotatable bonds is 2. The molecule has 1 heterocycles. The molecule has 1 aliphatic heterocycles. The average molecular weight is 274 g/mol. The quantitative estimate of drug-likeness (QED) is 0.775. The molecular formula is C17H22O3. The minimum Gasteiger partial charge on any atom is -0.493 e. The molecule has 0 spiro atoms. The van der Waals surface area contributed by atoms with E-state index < -0.39 is 5.41 Å². The molecule has 2 aliphatic rings. The van der Waals surface area contributed by atoms with E-state index in [0.717, 1.165) is 30.6 Å². The van der Waals surface area contributed by atoms with E-state index in [2.05, 4.69) is 0 Å². The summed E-state index contributed by atoms with van der Waals surface area (Å²) in [7, 11) is 0. The lowest BCUT2D eigenvalue weighted by molar-refractivity contribution is -0.154. The van der Waals surface area contributed by atoms with Crippen LogP contribution in [-0.2, 0) is 14.9 Å². The lowest BCUT2D eigenvalue weighted by Gasteiger charge is -2.42. The van der Waals surface area contributed by atoms with Crippen molar-refractivity contribution in [2.45, 2.75) is 44.4 Å². The second kappa shape index (κ2) is 5.47. The third-order valence-corrected chi connectivity index (χ3v) is 4.77. The van der Waals surface area contributed by atoms with Gasteiger partial charge in [-0.15, -0.1) is 0 Å². The van der Waals surface area contributed by atoms with E-state index in [4.69, 9.17) is 9.47 Å². The maximum Gasteiger partial charge on any atom is 0.317 e. The van der Waals surface area contributed by atoms with Crippen LogP contribution in [0.5, 0.6) is 5.75 Å². The molecule has 0 aromatic heterocycles. The van der Waals surface area contributed by atoms with Crippen molar-refractivity contribution in [3.8, 4) is 5.75 Å². The monoisotopic (exact) mass is 274 g/mol. The smallest absolute Gasteiger partial charge is 0.317 e. The molecule has 0 N–H and O–H groups in total. The van der Waals surface area contributed by atoms with Gasteiger partial charge in [0.05, 0.1) is 13.2 Å². The Morgan fingerprint density at radius 3 is 3.05 bits per heavy atom. The topological polar surface area (TPSA) is 35.5 Å². The molecule has 0 amide bonds. The fraction of sp³-hybridized carbons (Fsp3) is 0.588. The van der Waals surface area contributed by atoms with Crippen LogP contribution in [0.3, 0.4) is 0 Å². The number of hydrogen-bond acceptors (Lipinski definition) is 3. The largest absolute Gasteiger partial charge is 0.493 e. The third-order valence-electron chi connectivity index (χ3n) is 4.77. The van der Waals surface area contributed by atoms with Crippen molar-refractivity contribution < 1.29 is 14.3 Å². The van der Waals surface area contributed by atoms with Gasteiger partial charge in [0.2, 0.25) is 0 Å². The number of esters is 1. The Labute approximate surface area is 120 Å². The van der Waals surface area contributed by atoms with Crippen LogP contribution in [0.25, 0.3) is 0 Å². The number of ether oxygens (including phenoxy) is 2. The predicted octanol–water partition coefficient (Wildman–Crippen LogP) is 3.46. The molecule has 3 rings (SSSR count). The van der Waals surface area contributed by atoms with Crippen LogP contribution in [-0.4, -0.2) is 19.2 Å². The Hall–Kier alpha value is -1.51. The Morgan fingerprint density at radius 2 is 2.20 bits per heavy atom. The highest BCUT2D eigenvalue weighted by Crippen LogP contribution is 2.49. The summed E-state index contributed by atoms with van der Waals surface area (Å²) in [5.74, 6) is 1.06. The van der Waals surface area contributed by atoms with E-state index in [-0.39, 0.29) is 11.9 Å². The summed E-state index contributed by atoms with van der Waals surface area (Å²) < 4.78 is 11.4. The lowest BCUT2D eigenvalue weighted by Crippen LogP contribution is -2.48. The number of carbonyl (C=O) groups excluding carboxylic acids is 1. The summed E-state index contributed by atoms with van der Waals surface area (Å²) in [6.07, 6.45) is 5.39. The average Bonchev–Trinajstić information content (AvgIpc) is 2.70. The summed E-state index contributed by atoms with van der Waals surface area (Å²) in [4.78, 5) is 12.8. The summed E-state index contributed by atoms with van der Waals surface area (Å²) >= 11 is 0. The number of carbonyl (C=O) groups is 1. The van der Waals surface area contributed by atoms with Gasteiger partial charge >= 0.3 is 5.97 Å². The minimum atomic E-state index is -0.485. The molecule has 20 heavy (non-hydrogen) atoms. The van der Waals surface area contributed by atoms with Crippen LogP contribution < -0.4 is 4.74 Å². The molecule has 2 unspecified atom stereocenters. The molecule has 1 aliphatic carbocycles. The Morgan fingerprint density at radius 1 is 1.35 bits per heavy atom. The Bertz CT molecular complexity index is 497. The summed E-state index contributed by atoms with van der Waals surface area (Å²) in [5, 5.41) is 0. The van der Waals surface area contributed by atoms with E-state index in [1.54, 1.807) is 0 Å². The maximum atomic E-state index is 12.8. The van der Waals surface area contributed by atoms with Crippen molar-refractivity contribution in [2.75, 3.05) is 13.2 Å². The van der Waals surface area contributed by atoms with Gasteiger partial charge in [-0.1, -0.05) is 37.5 Å². The highest BCUT2D eigenvalue weighted by atomic mass is 16.5. The number of fused-ring (bicyclic) bond motifs is 3. The third kappa shape index (κ3) is 2.00. The highest BCUT2D eigenvalue weighted by Gasteiger charge is 2.52. The van der Waals surface area contributed by atoms with Gasteiger partial charge in [-0.25, -0.2) is 0 Å². The molecule has 1 aromatic rings. The number of benzene rings is 1. The second-order valence-electron chi connectivity index (χ2n) is 5.80. The van der Waals surface area contributed by atoms with Crippen LogP contribution >= 0.6 is 0 Å². The van der Waals surface area contributed by atoms with Crippen LogP contribution in [0.15, 0.2) is 24.3 Å². The zero-order valence-corrected chi connectivity index (χ0v) is 12.1. The standard InChI is InChI=1S/C17H22O3/c1-2-19-16(18)17-11-7-3-4-8-13(17)12-20-15-10-6-5-9-14(15)17/h5-6,9-10,13H,2-4,7-8,11-12H2,1H3. The number of hydrogen-bond donors (Lipinski definition) is 0. The molecule has 1 fully saturated rings. The first-order valence-corrected chi connectivity index (χ1v) is 7.68. The Kier molecular flexibility index (Phi) is 3.68. The lowest BCUT2D eigenvalue weighted by atomic mass is 9.66. The minimum absolute atomic E-state index is 0.0531. The highest BCUT2D eigenvalue weighted by molar-refractivity contribution is 5.85. The van der Waals surface area contributed by atoms with Gasteiger partial charge in [-0.3, -0.25) is 4.79 Å². The molecule has 3 heteroatoms. The molecular weight excluding hydrogens is 252 g/mol. The van der Waals surface area contributed by atoms with E-state index in [0.29, 0.717) is 13.2 Å². The van der Waals surface area contributed by atoms with Gasteiger partial charge in [0, 0.05) is 11.5 Å². The van der Waals surface area contributed by atoms with Crippen molar-refractivity contribution in [3.05, 3.63) is 29.8 Å². The van der Waals surface area contributed by atoms with E-state index >= 15 is 0 Å². The zero-order valence-electron chi connectivity index (χ0n) is 12.1.